The van der Waals surface area contributed by atoms with E-state index in [1.54, 1.807) is 25.7 Å². The molecule has 0 heterocycles. The van der Waals surface area contributed by atoms with Gasteiger partial charge in [-0.15, -0.1) is 0 Å². The first-order valence-electron chi connectivity index (χ1n) is 16.6. The van der Waals surface area contributed by atoms with Crippen LogP contribution in [0.1, 0.15) is 121 Å². The first-order chi connectivity index (χ1) is 20.9. The summed E-state index contributed by atoms with van der Waals surface area (Å²) in [6, 6.07) is 13.8. The average molecular weight is 608 g/mol. The summed E-state index contributed by atoms with van der Waals surface area (Å²) >= 11 is 0. The number of rotatable bonds is 17. The Morgan fingerprint density at radius 3 is 2.02 bits per heavy atom. The van der Waals surface area contributed by atoms with E-state index in [-0.39, 0.29) is 24.3 Å². The van der Waals surface area contributed by atoms with Crippen molar-refractivity contribution in [2.45, 2.75) is 137 Å². The van der Waals surface area contributed by atoms with Gasteiger partial charge in [0.25, 0.3) is 0 Å². The largest absolute Gasteiger partial charge is 0.444 e. The highest BCUT2D eigenvalue weighted by Gasteiger charge is 2.37. The molecule has 3 unspecified atom stereocenters. The number of hydrogen-bond donors (Lipinski definition) is 2. The second kappa shape index (κ2) is 18.5. The molecule has 0 aromatic heterocycles. The molecule has 0 saturated carbocycles. The maximum Gasteiger partial charge on any atom is 0.408 e. The fraction of sp³-hybridized carbons (Fsp3) is 0.595. The van der Waals surface area contributed by atoms with Crippen LogP contribution in [0.5, 0.6) is 0 Å². The monoisotopic (exact) mass is 607 g/mol. The van der Waals surface area contributed by atoms with Gasteiger partial charge < -0.3 is 20.3 Å². The lowest BCUT2D eigenvalue weighted by atomic mass is 9.92. The first-order valence-corrected chi connectivity index (χ1v) is 16.6. The summed E-state index contributed by atoms with van der Waals surface area (Å²) in [5.41, 5.74) is 2.93. The highest BCUT2D eigenvalue weighted by Crippen LogP contribution is 2.30. The van der Waals surface area contributed by atoms with E-state index in [4.69, 9.17) is 4.74 Å². The van der Waals surface area contributed by atoms with Crippen molar-refractivity contribution in [3.05, 3.63) is 70.8 Å². The molecular formula is C37H57N3O4. The molecule has 7 heteroatoms. The smallest absolute Gasteiger partial charge is 0.408 e. The Kier molecular flexibility index (Phi) is 15.5. The van der Waals surface area contributed by atoms with Gasteiger partial charge in [-0.3, -0.25) is 9.59 Å². The molecule has 2 N–H and O–H groups in total. The first kappa shape index (κ1) is 36.8. The Labute approximate surface area is 266 Å². The van der Waals surface area contributed by atoms with Crippen LogP contribution in [0.3, 0.4) is 0 Å². The van der Waals surface area contributed by atoms with Crippen molar-refractivity contribution >= 4 is 17.9 Å². The van der Waals surface area contributed by atoms with Crippen LogP contribution in [0.25, 0.3) is 0 Å². The van der Waals surface area contributed by atoms with Gasteiger partial charge in [-0.2, -0.15) is 0 Å². The lowest BCUT2D eigenvalue weighted by Gasteiger charge is -2.36. The minimum absolute atomic E-state index is 0.0367. The molecule has 0 aliphatic rings. The summed E-state index contributed by atoms with van der Waals surface area (Å²) < 4.78 is 5.58. The van der Waals surface area contributed by atoms with E-state index >= 15 is 0 Å². The Hall–Kier alpha value is -3.35. The van der Waals surface area contributed by atoms with Crippen LogP contribution < -0.4 is 10.6 Å². The number of nitrogens with zero attached hydrogens (tertiary/aromatic N) is 1. The number of amides is 3. The third-order valence-electron chi connectivity index (χ3n) is 7.79. The van der Waals surface area contributed by atoms with Crippen LogP contribution in [0.15, 0.2) is 48.5 Å². The fourth-order valence-corrected chi connectivity index (χ4v) is 5.64. The summed E-state index contributed by atoms with van der Waals surface area (Å²) in [5, 5.41) is 6.08. The van der Waals surface area contributed by atoms with Gasteiger partial charge in [0.2, 0.25) is 11.8 Å². The zero-order valence-corrected chi connectivity index (χ0v) is 28.5. The van der Waals surface area contributed by atoms with Gasteiger partial charge in [0.05, 0.1) is 0 Å². The number of nitrogens with one attached hydrogen (secondary N) is 2. The van der Waals surface area contributed by atoms with Gasteiger partial charge in [-0.05, 0) is 76.6 Å². The SMILES string of the molecule is CCCCCCCCN(C(=O)C(Cc1ccccc1)NC(=O)OC(C)(C)C)C(C(=O)NC(C)CCC)c1c(C)cccc1C. The van der Waals surface area contributed by atoms with Crippen LogP contribution >= 0.6 is 0 Å². The predicted molar refractivity (Wildman–Crippen MR) is 180 cm³/mol. The Morgan fingerprint density at radius 1 is 0.818 bits per heavy atom. The average Bonchev–Trinajstić information content (AvgIpc) is 2.94. The third kappa shape index (κ3) is 12.3. The molecule has 0 saturated heterocycles. The molecule has 0 aliphatic carbocycles. The van der Waals surface area contributed by atoms with Crippen molar-refractivity contribution in [1.82, 2.24) is 15.5 Å². The minimum Gasteiger partial charge on any atom is -0.444 e. The van der Waals surface area contributed by atoms with E-state index in [0.29, 0.717) is 6.54 Å². The number of hydrogen-bond acceptors (Lipinski definition) is 4. The topological polar surface area (TPSA) is 87.7 Å². The Balaban J connectivity index is 2.59. The predicted octanol–water partition coefficient (Wildman–Crippen LogP) is 7.97. The molecule has 0 radical (unpaired) electrons. The quantitative estimate of drug-likeness (QED) is 0.179. The van der Waals surface area contributed by atoms with Gasteiger partial charge in [0.1, 0.15) is 17.7 Å². The van der Waals surface area contributed by atoms with Gasteiger partial charge >= 0.3 is 6.09 Å². The van der Waals surface area contributed by atoms with E-state index in [1.807, 2.05) is 69.3 Å². The molecule has 7 nitrogen and oxygen atoms in total. The lowest BCUT2D eigenvalue weighted by molar-refractivity contribution is -0.143. The van der Waals surface area contributed by atoms with Gasteiger partial charge in [0, 0.05) is 19.0 Å². The number of carbonyl (C=O) groups is 3. The standard InChI is InChI=1S/C37H57N3O4/c1-9-11-12-13-14-18-25-40(33(34(41)38-29(5)20-10-2)32-27(3)21-19-22-28(32)4)35(42)31(26-30-23-16-15-17-24-30)39-36(43)44-37(6,7)8/h15-17,19,21-24,29,31,33H,9-14,18,20,25-26H2,1-8H3,(H,38,41)(H,39,43). The van der Waals surface area contributed by atoms with Crippen molar-refractivity contribution < 1.29 is 19.1 Å². The lowest BCUT2D eigenvalue weighted by Crippen LogP contribution is -2.54. The number of alkyl carbamates (subject to hydrolysis) is 1. The number of benzene rings is 2. The number of unbranched alkanes of at least 4 members (excludes halogenated alkanes) is 5. The Morgan fingerprint density at radius 2 is 1.43 bits per heavy atom. The van der Waals surface area contributed by atoms with Gasteiger partial charge in [-0.25, -0.2) is 4.79 Å². The van der Waals surface area contributed by atoms with Crippen LogP contribution in [0.4, 0.5) is 4.79 Å². The maximum absolute atomic E-state index is 14.7. The number of aryl methyl sites for hydroxylation is 2. The minimum atomic E-state index is -0.917. The molecule has 0 spiro atoms. The highest BCUT2D eigenvalue weighted by molar-refractivity contribution is 5.92. The molecular weight excluding hydrogens is 550 g/mol. The molecule has 2 aromatic carbocycles. The molecule has 3 atom stereocenters. The van der Waals surface area contributed by atoms with Crippen molar-refractivity contribution in [2.24, 2.45) is 0 Å². The van der Waals surface area contributed by atoms with Crippen LogP contribution in [0.2, 0.25) is 0 Å². The van der Waals surface area contributed by atoms with E-state index in [0.717, 1.165) is 67.2 Å². The van der Waals surface area contributed by atoms with E-state index < -0.39 is 23.8 Å². The summed E-state index contributed by atoms with van der Waals surface area (Å²) in [6.07, 6.45) is 7.69. The van der Waals surface area contributed by atoms with E-state index in [1.165, 1.54) is 6.42 Å². The Bertz CT molecular complexity index is 1150. The summed E-state index contributed by atoms with van der Waals surface area (Å²) in [6.45, 7) is 16.1. The third-order valence-corrected chi connectivity index (χ3v) is 7.79. The molecule has 0 bridgehead atoms. The van der Waals surface area contributed by atoms with Crippen molar-refractivity contribution in [1.29, 1.82) is 0 Å². The van der Waals surface area contributed by atoms with Gasteiger partial charge in [-0.1, -0.05) is 101 Å². The molecule has 244 valence electrons. The number of ether oxygens (including phenoxy) is 1. The van der Waals surface area contributed by atoms with Crippen molar-refractivity contribution in [3.8, 4) is 0 Å². The second-order valence-corrected chi connectivity index (χ2v) is 13.1. The molecule has 2 aromatic rings. The van der Waals surface area contributed by atoms with Gasteiger partial charge in [0.15, 0.2) is 0 Å². The molecule has 0 aliphatic heterocycles. The van der Waals surface area contributed by atoms with Crippen LogP contribution in [-0.4, -0.2) is 47.0 Å². The van der Waals surface area contributed by atoms with Crippen LogP contribution in [-0.2, 0) is 20.7 Å². The second-order valence-electron chi connectivity index (χ2n) is 13.1. The fourth-order valence-electron chi connectivity index (χ4n) is 5.64. The maximum atomic E-state index is 14.7. The molecule has 3 amide bonds. The summed E-state index contributed by atoms with van der Waals surface area (Å²) in [7, 11) is 0. The normalized spacial score (nSPS) is 13.5. The molecule has 2 rings (SSSR count). The highest BCUT2D eigenvalue weighted by atomic mass is 16.6. The molecule has 44 heavy (non-hydrogen) atoms. The molecule has 0 fully saturated rings. The van der Waals surface area contributed by atoms with E-state index in [2.05, 4.69) is 24.5 Å². The summed E-state index contributed by atoms with van der Waals surface area (Å²) in [4.78, 5) is 43.8. The number of carbonyl (C=O) groups excluding carboxylic acids is 3. The zero-order valence-electron chi connectivity index (χ0n) is 28.5. The zero-order chi connectivity index (χ0) is 32.7. The summed E-state index contributed by atoms with van der Waals surface area (Å²) in [5.74, 6) is -0.488. The van der Waals surface area contributed by atoms with E-state index in [9.17, 15) is 14.4 Å². The van der Waals surface area contributed by atoms with Crippen molar-refractivity contribution in [2.75, 3.05) is 6.54 Å². The van der Waals surface area contributed by atoms with Crippen LogP contribution in [0, 0.1) is 13.8 Å². The van der Waals surface area contributed by atoms with Crippen molar-refractivity contribution in [3.63, 3.8) is 0 Å².